The Kier molecular flexibility index (Phi) is 7.33. The molecule has 1 aliphatic rings. The predicted octanol–water partition coefficient (Wildman–Crippen LogP) is 4.84. The van der Waals surface area contributed by atoms with Crippen molar-refractivity contribution in [2.24, 2.45) is 19.2 Å². The summed E-state index contributed by atoms with van der Waals surface area (Å²) in [5.74, 6) is 0.710. The monoisotopic (exact) mass is 506 g/mol. The van der Waals surface area contributed by atoms with Crippen molar-refractivity contribution in [1.82, 2.24) is 14.3 Å². The third-order valence-corrected chi connectivity index (χ3v) is 7.17. The summed E-state index contributed by atoms with van der Waals surface area (Å²) in [5.41, 5.74) is 6.81. The number of anilines is 3. The summed E-state index contributed by atoms with van der Waals surface area (Å²) in [5, 5.41) is 11.5. The fourth-order valence-electron chi connectivity index (χ4n) is 4.72. The van der Waals surface area contributed by atoms with Gasteiger partial charge in [-0.15, -0.1) is 0 Å². The van der Waals surface area contributed by atoms with Crippen LogP contribution in [0.15, 0.2) is 52.4 Å². The van der Waals surface area contributed by atoms with Crippen LogP contribution in [0.25, 0.3) is 22.0 Å². The van der Waals surface area contributed by atoms with Gasteiger partial charge < -0.3 is 19.1 Å². The molecule has 0 radical (unpaired) electrons. The quantitative estimate of drug-likeness (QED) is 0.397. The van der Waals surface area contributed by atoms with E-state index in [4.69, 9.17) is 9.88 Å². The Bertz CT molecular complexity index is 1480. The number of aryl methyl sites for hydroxylation is 3. The van der Waals surface area contributed by atoms with Gasteiger partial charge in [-0.05, 0) is 37.1 Å². The van der Waals surface area contributed by atoms with Gasteiger partial charge in [0.15, 0.2) is 0 Å². The molecule has 0 amide bonds. The number of benzene rings is 2. The Labute approximate surface area is 216 Å². The summed E-state index contributed by atoms with van der Waals surface area (Å²) in [7, 11) is 7.48. The van der Waals surface area contributed by atoms with Gasteiger partial charge in [0.05, 0.1) is 35.9 Å². The van der Waals surface area contributed by atoms with Gasteiger partial charge in [0, 0.05) is 79.5 Å². The Morgan fingerprint density at radius 3 is 2.39 bits per heavy atom. The maximum atomic E-state index is 12.6. The SMILES string of the molecule is CC.COc1cc(N2CCN(C)c3cc(-c4cnn(C)c4)c(SN)cc32)c2cc(C)c(=O)n(C)c2c1. The van der Waals surface area contributed by atoms with E-state index in [1.54, 1.807) is 16.4 Å². The van der Waals surface area contributed by atoms with E-state index >= 15 is 0 Å². The van der Waals surface area contributed by atoms with Gasteiger partial charge in [0.1, 0.15) is 5.75 Å². The number of fused-ring (bicyclic) bond motifs is 2. The lowest BCUT2D eigenvalue weighted by Crippen LogP contribution is -2.36. The molecule has 0 aliphatic carbocycles. The van der Waals surface area contributed by atoms with Crippen molar-refractivity contribution in [3.05, 3.63) is 58.6 Å². The normalized spacial score (nSPS) is 12.9. The van der Waals surface area contributed by atoms with Gasteiger partial charge in [0.25, 0.3) is 5.56 Å². The number of aromatic nitrogens is 3. The van der Waals surface area contributed by atoms with E-state index in [-0.39, 0.29) is 5.56 Å². The average molecular weight is 507 g/mol. The number of ether oxygens (including phenoxy) is 1. The van der Waals surface area contributed by atoms with Crippen molar-refractivity contribution in [3.63, 3.8) is 0 Å². The number of methoxy groups -OCH3 is 1. The highest BCUT2D eigenvalue weighted by molar-refractivity contribution is 7.97. The van der Waals surface area contributed by atoms with Crippen molar-refractivity contribution in [3.8, 4) is 16.9 Å². The third-order valence-electron chi connectivity index (χ3n) is 6.58. The maximum Gasteiger partial charge on any atom is 0.253 e. The maximum absolute atomic E-state index is 12.6. The van der Waals surface area contributed by atoms with E-state index in [2.05, 4.69) is 34.1 Å². The van der Waals surface area contributed by atoms with Crippen LogP contribution in [-0.4, -0.2) is 41.6 Å². The first kappa shape index (κ1) is 25.7. The van der Waals surface area contributed by atoms with Gasteiger partial charge in [-0.1, -0.05) is 13.8 Å². The first-order valence-corrected chi connectivity index (χ1v) is 12.9. The van der Waals surface area contributed by atoms with E-state index in [0.29, 0.717) is 11.3 Å². The van der Waals surface area contributed by atoms with Gasteiger partial charge in [0.2, 0.25) is 0 Å². The van der Waals surface area contributed by atoms with Crippen LogP contribution in [-0.2, 0) is 14.1 Å². The molecule has 2 aromatic heterocycles. The number of nitrogens with two attached hydrogens (primary N) is 1. The summed E-state index contributed by atoms with van der Waals surface area (Å²) >= 11 is 1.24. The van der Waals surface area contributed by atoms with Crippen LogP contribution in [0.2, 0.25) is 0 Å². The van der Waals surface area contributed by atoms with E-state index in [0.717, 1.165) is 57.1 Å². The molecular weight excluding hydrogens is 472 g/mol. The number of likely N-dealkylation sites (N-methyl/N-ethyl adjacent to an activating group) is 1. The molecule has 0 saturated heterocycles. The van der Waals surface area contributed by atoms with E-state index in [1.165, 1.54) is 11.9 Å². The van der Waals surface area contributed by atoms with E-state index < -0.39 is 0 Å². The van der Waals surface area contributed by atoms with Crippen molar-refractivity contribution in [2.75, 3.05) is 37.0 Å². The predicted molar refractivity (Wildman–Crippen MR) is 151 cm³/mol. The van der Waals surface area contributed by atoms with Crippen molar-refractivity contribution >= 4 is 39.9 Å². The summed E-state index contributed by atoms with van der Waals surface area (Å²) in [6.45, 7) is 7.49. The zero-order valence-corrected chi connectivity index (χ0v) is 22.8. The number of pyridine rings is 1. The van der Waals surface area contributed by atoms with Gasteiger partial charge in [-0.3, -0.25) is 14.6 Å². The molecule has 4 aromatic rings. The van der Waals surface area contributed by atoms with Crippen LogP contribution in [0.5, 0.6) is 5.75 Å². The first-order chi connectivity index (χ1) is 17.3. The molecule has 0 spiro atoms. The molecule has 8 nitrogen and oxygen atoms in total. The summed E-state index contributed by atoms with van der Waals surface area (Å²) < 4.78 is 9.12. The second kappa shape index (κ2) is 10.3. The lowest BCUT2D eigenvalue weighted by molar-refractivity contribution is 0.415. The summed E-state index contributed by atoms with van der Waals surface area (Å²) in [6, 6.07) is 10.3. The zero-order valence-electron chi connectivity index (χ0n) is 22.0. The molecule has 9 heteroatoms. The Morgan fingerprint density at radius 1 is 1.00 bits per heavy atom. The number of hydrogen-bond acceptors (Lipinski definition) is 7. The van der Waals surface area contributed by atoms with Crippen molar-refractivity contribution in [2.45, 2.75) is 25.7 Å². The number of hydrogen-bond donors (Lipinski definition) is 1. The minimum atomic E-state index is -0.00610. The van der Waals surface area contributed by atoms with Crippen molar-refractivity contribution < 1.29 is 4.74 Å². The highest BCUT2D eigenvalue weighted by Gasteiger charge is 2.26. The molecule has 0 unspecified atom stereocenters. The fourth-order valence-corrected chi connectivity index (χ4v) is 5.20. The van der Waals surface area contributed by atoms with Crippen LogP contribution >= 0.6 is 11.9 Å². The minimum absolute atomic E-state index is 0.00610. The van der Waals surface area contributed by atoms with Gasteiger partial charge in [-0.2, -0.15) is 5.10 Å². The van der Waals surface area contributed by atoms with Gasteiger partial charge in [-0.25, -0.2) is 0 Å². The fraction of sp³-hybridized carbons (Fsp3) is 0.333. The molecule has 5 rings (SSSR count). The third kappa shape index (κ3) is 4.33. The van der Waals surface area contributed by atoms with Crippen LogP contribution in [0.4, 0.5) is 17.1 Å². The molecule has 0 bridgehead atoms. The molecule has 0 fully saturated rings. The largest absolute Gasteiger partial charge is 0.497 e. The topological polar surface area (TPSA) is 81.6 Å². The zero-order chi connectivity index (χ0) is 26.1. The smallest absolute Gasteiger partial charge is 0.253 e. The highest BCUT2D eigenvalue weighted by Crippen LogP contribution is 2.45. The van der Waals surface area contributed by atoms with Gasteiger partial charge >= 0.3 is 0 Å². The van der Waals surface area contributed by atoms with Crippen LogP contribution in [0.3, 0.4) is 0 Å². The molecular formula is C27H34N6O2S. The minimum Gasteiger partial charge on any atom is -0.497 e. The van der Waals surface area contributed by atoms with E-state index in [9.17, 15) is 4.79 Å². The summed E-state index contributed by atoms with van der Waals surface area (Å²) in [4.78, 5) is 18.2. The lowest BCUT2D eigenvalue weighted by Gasteiger charge is -2.38. The Balaban J connectivity index is 0.00000148. The van der Waals surface area contributed by atoms with Crippen LogP contribution in [0.1, 0.15) is 19.4 Å². The second-order valence-electron chi connectivity index (χ2n) is 8.70. The van der Waals surface area contributed by atoms with Crippen LogP contribution < -0.4 is 25.2 Å². The molecule has 0 atom stereocenters. The average Bonchev–Trinajstić information content (AvgIpc) is 3.34. The molecule has 3 heterocycles. The second-order valence-corrected chi connectivity index (χ2v) is 9.38. The molecule has 2 aromatic carbocycles. The molecule has 36 heavy (non-hydrogen) atoms. The standard InChI is InChI=1S/C25H28N6O2S.C2H6/c1-15-8-19-20(30(4)25(15)32)9-17(33-5)10-21(19)31-7-6-28(2)22-11-18(16-13-27-29(3)14-16)24(34-26)12-23(22)31;1-2/h8-14H,6-7,26H2,1-5H3;1-2H3. The number of nitrogens with zero attached hydrogens (tertiary/aromatic N) is 5. The molecule has 1 aliphatic heterocycles. The Morgan fingerprint density at radius 2 is 1.75 bits per heavy atom. The number of rotatable bonds is 4. The molecule has 190 valence electrons. The lowest BCUT2D eigenvalue weighted by atomic mass is 10.0. The molecule has 0 saturated carbocycles. The Hall–Kier alpha value is -3.43. The first-order valence-electron chi connectivity index (χ1n) is 12.0. The molecule has 2 N–H and O–H groups in total. The van der Waals surface area contributed by atoms with Crippen LogP contribution in [0, 0.1) is 6.92 Å². The van der Waals surface area contributed by atoms with E-state index in [1.807, 2.05) is 65.5 Å². The highest BCUT2D eigenvalue weighted by atomic mass is 32.2. The summed E-state index contributed by atoms with van der Waals surface area (Å²) in [6.07, 6.45) is 3.86. The van der Waals surface area contributed by atoms with Crippen molar-refractivity contribution in [1.29, 1.82) is 0 Å².